The molecule has 4 rings (SSSR count). The maximum Gasteiger partial charge on any atom is 0.332 e. The molecule has 1 N–H and O–H groups in total. The van der Waals surface area contributed by atoms with Crippen molar-refractivity contribution in [2.24, 2.45) is 19.2 Å². The molecule has 0 aliphatic carbocycles. The number of nitrogens with zero attached hydrogens (tertiary/aromatic N) is 5. The molecule has 0 amide bonds. The molecule has 0 atom stereocenters. The number of benzene rings is 2. The lowest BCUT2D eigenvalue weighted by molar-refractivity contribution is 0.655. The SMILES string of the molecule is CC(=NNc1nc2c(c(=O)n(Cc3ccc(Cl)cc3Cl)c(=O)n2C)n1C)c1ccccc1. The number of anilines is 1. The monoisotopic (exact) mass is 470 g/mol. The molecule has 2 aromatic carbocycles. The summed E-state index contributed by atoms with van der Waals surface area (Å²) in [7, 11) is 3.26. The Balaban J connectivity index is 1.77. The molecule has 0 unspecified atom stereocenters. The van der Waals surface area contributed by atoms with Crippen LogP contribution in [-0.4, -0.2) is 24.4 Å². The number of rotatable bonds is 5. The van der Waals surface area contributed by atoms with Crippen LogP contribution in [-0.2, 0) is 20.6 Å². The highest BCUT2D eigenvalue weighted by Gasteiger charge is 2.19. The van der Waals surface area contributed by atoms with Crippen LogP contribution < -0.4 is 16.7 Å². The van der Waals surface area contributed by atoms with Gasteiger partial charge in [-0.1, -0.05) is 59.6 Å². The van der Waals surface area contributed by atoms with Crippen LogP contribution in [0.3, 0.4) is 0 Å². The maximum atomic E-state index is 13.2. The van der Waals surface area contributed by atoms with Gasteiger partial charge in [-0.15, -0.1) is 0 Å². The zero-order valence-corrected chi connectivity index (χ0v) is 19.1. The van der Waals surface area contributed by atoms with E-state index in [1.807, 2.05) is 37.3 Å². The predicted molar refractivity (Wildman–Crippen MR) is 128 cm³/mol. The van der Waals surface area contributed by atoms with Gasteiger partial charge in [-0.2, -0.15) is 10.1 Å². The molecule has 0 bridgehead atoms. The van der Waals surface area contributed by atoms with Crippen LogP contribution in [0.2, 0.25) is 10.0 Å². The fourth-order valence-corrected chi connectivity index (χ4v) is 3.85. The number of nitrogens with one attached hydrogen (secondary N) is 1. The van der Waals surface area contributed by atoms with E-state index in [4.69, 9.17) is 23.2 Å². The van der Waals surface area contributed by atoms with Gasteiger partial charge in [0.2, 0.25) is 5.95 Å². The number of aryl methyl sites for hydroxylation is 2. The molecule has 0 saturated heterocycles. The number of imidazole rings is 1. The topological polar surface area (TPSA) is 86.2 Å². The Labute approximate surface area is 193 Å². The summed E-state index contributed by atoms with van der Waals surface area (Å²) in [4.78, 5) is 30.6. The highest BCUT2D eigenvalue weighted by molar-refractivity contribution is 6.35. The molecule has 8 nitrogen and oxygen atoms in total. The minimum atomic E-state index is -0.498. The van der Waals surface area contributed by atoms with E-state index in [1.165, 1.54) is 4.57 Å². The van der Waals surface area contributed by atoms with Gasteiger partial charge in [-0.25, -0.2) is 10.2 Å². The number of hydrogen-bond donors (Lipinski definition) is 1. The highest BCUT2D eigenvalue weighted by Crippen LogP contribution is 2.21. The van der Waals surface area contributed by atoms with Crippen molar-refractivity contribution in [2.45, 2.75) is 13.5 Å². The second-order valence-electron chi connectivity index (χ2n) is 7.31. The van der Waals surface area contributed by atoms with Crippen molar-refractivity contribution in [2.75, 3.05) is 5.43 Å². The first-order valence-corrected chi connectivity index (χ1v) is 10.5. The van der Waals surface area contributed by atoms with E-state index >= 15 is 0 Å². The van der Waals surface area contributed by atoms with E-state index in [0.717, 1.165) is 15.8 Å². The van der Waals surface area contributed by atoms with Crippen LogP contribution in [0.25, 0.3) is 11.2 Å². The molecule has 32 heavy (non-hydrogen) atoms. The van der Waals surface area contributed by atoms with Crippen LogP contribution in [0.4, 0.5) is 5.95 Å². The second kappa shape index (κ2) is 8.64. The van der Waals surface area contributed by atoms with Crippen molar-refractivity contribution < 1.29 is 0 Å². The van der Waals surface area contributed by atoms with E-state index in [9.17, 15) is 9.59 Å². The number of halogens is 2. The maximum absolute atomic E-state index is 13.2. The molecule has 2 aromatic heterocycles. The van der Waals surface area contributed by atoms with Gasteiger partial charge in [0.1, 0.15) is 0 Å². The Morgan fingerprint density at radius 1 is 1.06 bits per heavy atom. The normalized spacial score (nSPS) is 11.8. The molecule has 0 aliphatic heterocycles. The average Bonchev–Trinajstić information content (AvgIpc) is 3.12. The van der Waals surface area contributed by atoms with Crippen molar-refractivity contribution in [3.63, 3.8) is 0 Å². The van der Waals surface area contributed by atoms with Crippen LogP contribution in [0.15, 0.2) is 63.2 Å². The average molecular weight is 471 g/mol. The molecule has 10 heteroatoms. The largest absolute Gasteiger partial charge is 0.332 e. The Kier molecular flexibility index (Phi) is 5.90. The lowest BCUT2D eigenvalue weighted by atomic mass is 10.1. The van der Waals surface area contributed by atoms with Gasteiger partial charge in [0, 0.05) is 24.1 Å². The fraction of sp³-hybridized carbons (Fsp3) is 0.182. The van der Waals surface area contributed by atoms with Crippen LogP contribution in [0, 0.1) is 0 Å². The van der Waals surface area contributed by atoms with Gasteiger partial charge in [-0.05, 0) is 30.2 Å². The van der Waals surface area contributed by atoms with Crippen molar-refractivity contribution in [3.05, 3.63) is 90.5 Å². The number of aromatic nitrogens is 4. The minimum Gasteiger partial charge on any atom is -0.306 e. The second-order valence-corrected chi connectivity index (χ2v) is 8.15. The van der Waals surface area contributed by atoms with Gasteiger partial charge in [0.05, 0.1) is 12.3 Å². The third kappa shape index (κ3) is 3.94. The summed E-state index contributed by atoms with van der Waals surface area (Å²) in [6.07, 6.45) is 0. The van der Waals surface area contributed by atoms with Gasteiger partial charge in [0.15, 0.2) is 11.2 Å². The van der Waals surface area contributed by atoms with Crippen molar-refractivity contribution in [1.29, 1.82) is 0 Å². The molecular weight excluding hydrogens is 451 g/mol. The highest BCUT2D eigenvalue weighted by atomic mass is 35.5. The number of fused-ring (bicyclic) bond motifs is 1. The summed E-state index contributed by atoms with van der Waals surface area (Å²) < 4.78 is 4.04. The van der Waals surface area contributed by atoms with Gasteiger partial charge in [-0.3, -0.25) is 13.9 Å². The minimum absolute atomic E-state index is 0.0106. The van der Waals surface area contributed by atoms with Gasteiger partial charge < -0.3 is 4.57 Å². The molecule has 4 aromatic rings. The summed E-state index contributed by atoms with van der Waals surface area (Å²) >= 11 is 12.2. The van der Waals surface area contributed by atoms with E-state index in [1.54, 1.807) is 36.9 Å². The molecule has 164 valence electrons. The molecule has 0 aliphatic rings. The molecule has 0 saturated carbocycles. The van der Waals surface area contributed by atoms with Gasteiger partial charge in [0.25, 0.3) is 5.56 Å². The number of hydrogen-bond acceptors (Lipinski definition) is 5. The Hall–Kier alpha value is -3.36. The first-order chi connectivity index (χ1) is 15.3. The Morgan fingerprint density at radius 3 is 2.47 bits per heavy atom. The molecule has 0 spiro atoms. The lowest BCUT2D eigenvalue weighted by Gasteiger charge is -2.10. The van der Waals surface area contributed by atoms with Crippen LogP contribution >= 0.6 is 23.2 Å². The quantitative estimate of drug-likeness (QED) is 0.356. The Bertz CT molecular complexity index is 1470. The van der Waals surface area contributed by atoms with Crippen molar-refractivity contribution >= 4 is 46.0 Å². The lowest BCUT2D eigenvalue weighted by Crippen LogP contribution is -2.39. The first-order valence-electron chi connectivity index (χ1n) is 9.74. The first kappa shape index (κ1) is 21.9. The summed E-state index contributed by atoms with van der Waals surface area (Å²) in [6, 6.07) is 14.6. The van der Waals surface area contributed by atoms with Crippen molar-refractivity contribution in [1.82, 2.24) is 18.7 Å². The van der Waals surface area contributed by atoms with E-state index in [-0.39, 0.29) is 17.7 Å². The van der Waals surface area contributed by atoms with E-state index in [2.05, 4.69) is 15.5 Å². The summed E-state index contributed by atoms with van der Waals surface area (Å²) in [6.45, 7) is 1.88. The molecular formula is C22H20Cl2N6O2. The predicted octanol–water partition coefficient (Wildman–Crippen LogP) is 3.62. The van der Waals surface area contributed by atoms with Crippen molar-refractivity contribution in [3.8, 4) is 0 Å². The zero-order valence-electron chi connectivity index (χ0n) is 17.6. The van der Waals surface area contributed by atoms with E-state index < -0.39 is 11.2 Å². The number of hydrazone groups is 1. The Morgan fingerprint density at radius 2 is 1.78 bits per heavy atom. The fourth-order valence-electron chi connectivity index (χ4n) is 3.38. The summed E-state index contributed by atoms with van der Waals surface area (Å²) in [5.41, 5.74) is 4.77. The third-order valence-electron chi connectivity index (χ3n) is 5.22. The molecule has 0 radical (unpaired) electrons. The molecule has 0 fully saturated rings. The summed E-state index contributed by atoms with van der Waals surface area (Å²) in [5.74, 6) is 0.338. The standard InChI is InChI=1S/C22H20Cl2N6O2/c1-13(14-7-5-4-6-8-14)26-27-21-25-19-18(28(21)2)20(31)30(22(32)29(19)3)12-15-9-10-16(23)11-17(15)24/h4-11H,12H2,1-3H3,(H,25,27). The van der Waals surface area contributed by atoms with Crippen LogP contribution in [0.1, 0.15) is 18.1 Å². The van der Waals surface area contributed by atoms with Crippen LogP contribution in [0.5, 0.6) is 0 Å². The van der Waals surface area contributed by atoms with Gasteiger partial charge >= 0.3 is 5.69 Å². The van der Waals surface area contributed by atoms with E-state index in [0.29, 0.717) is 21.6 Å². The smallest absolute Gasteiger partial charge is 0.306 e. The zero-order chi connectivity index (χ0) is 23.0. The molecule has 2 heterocycles. The summed E-state index contributed by atoms with van der Waals surface area (Å²) in [5, 5.41) is 5.22. The third-order valence-corrected chi connectivity index (χ3v) is 5.81.